The Balaban J connectivity index is 1.45. The van der Waals surface area contributed by atoms with Crippen molar-refractivity contribution in [1.29, 1.82) is 0 Å². The van der Waals surface area contributed by atoms with Crippen LogP contribution in [-0.2, 0) is 0 Å². The van der Waals surface area contributed by atoms with Crippen LogP contribution in [-0.4, -0.2) is 10.2 Å². The van der Waals surface area contributed by atoms with Gasteiger partial charge in [-0.15, -0.1) is 0 Å². The minimum absolute atomic E-state index is 0.000329. The minimum Gasteiger partial charge on any atom is -0.508 e. The van der Waals surface area contributed by atoms with Crippen LogP contribution in [0.3, 0.4) is 0 Å². The van der Waals surface area contributed by atoms with Gasteiger partial charge in [-0.05, 0) is 82.3 Å². The standard InChI is InChI=1S/C34H28O3/c1-34-18-17-27(36)20-25(34)12-16-30-33(34)31(23-9-7-22(8-10-23)21-5-3-2-4-6-21)32-28-14-13-26(35)19-24(28)11-15-29(32)37-30/h3,5-20,31,33,35-36H,2,4H2,1H3. The highest BCUT2D eigenvalue weighted by Gasteiger charge is 2.50. The Bertz CT molecular complexity index is 1630. The van der Waals surface area contributed by atoms with Crippen molar-refractivity contribution in [1.82, 2.24) is 0 Å². The van der Waals surface area contributed by atoms with E-state index in [4.69, 9.17) is 4.74 Å². The van der Waals surface area contributed by atoms with Gasteiger partial charge in [-0.25, -0.2) is 0 Å². The fourth-order valence-electron chi connectivity index (χ4n) is 6.50. The Morgan fingerprint density at radius 1 is 0.919 bits per heavy atom. The van der Waals surface area contributed by atoms with E-state index in [9.17, 15) is 10.2 Å². The summed E-state index contributed by atoms with van der Waals surface area (Å²) in [5, 5.41) is 22.5. The Labute approximate surface area is 216 Å². The molecule has 0 saturated carbocycles. The summed E-state index contributed by atoms with van der Waals surface area (Å²) in [5.41, 5.74) is 5.58. The molecule has 0 spiro atoms. The zero-order chi connectivity index (χ0) is 25.1. The van der Waals surface area contributed by atoms with Crippen molar-refractivity contribution in [2.45, 2.75) is 25.7 Å². The molecule has 0 aromatic heterocycles. The van der Waals surface area contributed by atoms with Gasteiger partial charge in [-0.3, -0.25) is 0 Å². The van der Waals surface area contributed by atoms with Crippen LogP contribution in [0.25, 0.3) is 16.3 Å². The second kappa shape index (κ2) is 8.14. The van der Waals surface area contributed by atoms with Crippen molar-refractivity contribution < 1.29 is 14.9 Å². The molecule has 3 aromatic carbocycles. The van der Waals surface area contributed by atoms with Crippen LogP contribution in [0.5, 0.6) is 11.5 Å². The zero-order valence-electron chi connectivity index (χ0n) is 20.7. The normalized spacial score (nSPS) is 25.6. The number of phenolic OH excluding ortho intramolecular Hbond substituents is 1. The number of phenols is 1. The number of aromatic hydroxyl groups is 1. The summed E-state index contributed by atoms with van der Waals surface area (Å²) < 4.78 is 6.60. The van der Waals surface area contributed by atoms with Crippen molar-refractivity contribution in [2.75, 3.05) is 0 Å². The van der Waals surface area contributed by atoms with Crippen LogP contribution in [0.15, 0.2) is 120 Å². The third-order valence-electron chi connectivity index (χ3n) is 8.38. The molecule has 182 valence electrons. The highest BCUT2D eigenvalue weighted by Crippen LogP contribution is 2.59. The van der Waals surface area contributed by atoms with E-state index < -0.39 is 0 Å². The number of ether oxygens (including phenoxy) is 1. The summed E-state index contributed by atoms with van der Waals surface area (Å²) in [6.45, 7) is 2.24. The maximum atomic E-state index is 10.3. The number of hydrogen-bond donors (Lipinski definition) is 2. The molecule has 0 saturated heterocycles. The molecule has 0 fully saturated rings. The molecule has 3 atom stereocenters. The SMILES string of the molecule is CC12C=CC(O)=CC1=CC=C1Oc3ccc4cc(O)ccc4c3C(c3ccc(C4=CCCC=C4)cc3)C12. The van der Waals surface area contributed by atoms with Gasteiger partial charge in [0, 0.05) is 22.8 Å². The Morgan fingerprint density at radius 3 is 2.59 bits per heavy atom. The quantitative estimate of drug-likeness (QED) is 0.385. The van der Waals surface area contributed by atoms with Gasteiger partial charge >= 0.3 is 0 Å². The first-order valence-corrected chi connectivity index (χ1v) is 12.9. The van der Waals surface area contributed by atoms with Crippen molar-refractivity contribution in [2.24, 2.45) is 11.3 Å². The number of allylic oxidation sites excluding steroid dienone is 11. The van der Waals surface area contributed by atoms with Gasteiger partial charge in [0.15, 0.2) is 0 Å². The molecule has 0 bridgehead atoms. The first-order valence-electron chi connectivity index (χ1n) is 12.9. The predicted octanol–water partition coefficient (Wildman–Crippen LogP) is 8.26. The van der Waals surface area contributed by atoms with E-state index in [0.29, 0.717) is 0 Å². The summed E-state index contributed by atoms with van der Waals surface area (Å²) in [5.74, 6) is 2.33. The molecule has 2 N–H and O–H groups in total. The Morgan fingerprint density at radius 2 is 1.78 bits per heavy atom. The lowest BCUT2D eigenvalue weighted by atomic mass is 9.58. The smallest absolute Gasteiger partial charge is 0.131 e. The summed E-state index contributed by atoms with van der Waals surface area (Å²) in [6.07, 6.45) is 18.9. The lowest BCUT2D eigenvalue weighted by Crippen LogP contribution is -2.40. The molecule has 4 aliphatic rings. The number of rotatable bonds is 2. The third-order valence-corrected chi connectivity index (χ3v) is 8.38. The van der Waals surface area contributed by atoms with Crippen molar-refractivity contribution >= 4 is 16.3 Å². The summed E-state index contributed by atoms with van der Waals surface area (Å²) >= 11 is 0. The van der Waals surface area contributed by atoms with E-state index in [1.54, 1.807) is 12.1 Å². The Hall–Kier alpha value is -4.24. The first kappa shape index (κ1) is 22.0. The topological polar surface area (TPSA) is 49.7 Å². The van der Waals surface area contributed by atoms with E-state index in [2.05, 4.69) is 67.6 Å². The molecule has 3 aromatic rings. The average Bonchev–Trinajstić information content (AvgIpc) is 2.93. The van der Waals surface area contributed by atoms with E-state index in [1.807, 2.05) is 30.3 Å². The van der Waals surface area contributed by atoms with Gasteiger partial charge in [0.2, 0.25) is 0 Å². The fraction of sp³-hybridized carbons (Fsp3) is 0.176. The predicted molar refractivity (Wildman–Crippen MR) is 148 cm³/mol. The molecule has 7 rings (SSSR count). The van der Waals surface area contributed by atoms with Crippen molar-refractivity contribution in [3.05, 3.63) is 137 Å². The second-order valence-electron chi connectivity index (χ2n) is 10.6. The summed E-state index contributed by atoms with van der Waals surface area (Å²) in [6, 6.07) is 18.6. The van der Waals surface area contributed by atoms with Gasteiger partial charge in [0.1, 0.15) is 23.0 Å². The number of fused-ring (bicyclic) bond motifs is 6. The summed E-state index contributed by atoms with van der Waals surface area (Å²) in [7, 11) is 0. The maximum Gasteiger partial charge on any atom is 0.131 e. The molecule has 3 nitrogen and oxygen atoms in total. The molecule has 37 heavy (non-hydrogen) atoms. The highest BCUT2D eigenvalue weighted by atomic mass is 16.5. The molecule has 0 amide bonds. The number of benzene rings is 3. The largest absolute Gasteiger partial charge is 0.508 e. The number of hydrogen-bond acceptors (Lipinski definition) is 3. The fourth-order valence-corrected chi connectivity index (χ4v) is 6.50. The van der Waals surface area contributed by atoms with Crippen molar-refractivity contribution in [3.63, 3.8) is 0 Å². The van der Waals surface area contributed by atoms with Gasteiger partial charge in [0.05, 0.1) is 0 Å². The van der Waals surface area contributed by atoms with Crippen molar-refractivity contribution in [3.8, 4) is 11.5 Å². The zero-order valence-corrected chi connectivity index (χ0v) is 20.7. The van der Waals surface area contributed by atoms with E-state index in [0.717, 1.165) is 46.3 Å². The van der Waals surface area contributed by atoms with Gasteiger partial charge in [-0.1, -0.05) is 73.7 Å². The molecular formula is C34H28O3. The van der Waals surface area contributed by atoms with E-state index in [-0.39, 0.29) is 28.8 Å². The molecule has 3 aliphatic carbocycles. The lowest BCUT2D eigenvalue weighted by Gasteiger charge is -2.48. The summed E-state index contributed by atoms with van der Waals surface area (Å²) in [4.78, 5) is 0. The van der Waals surface area contributed by atoms with E-state index in [1.165, 1.54) is 16.7 Å². The van der Waals surface area contributed by atoms with E-state index >= 15 is 0 Å². The van der Waals surface area contributed by atoms with Crippen LogP contribution in [0.2, 0.25) is 0 Å². The third kappa shape index (κ3) is 3.41. The number of aliphatic hydroxyl groups is 1. The maximum absolute atomic E-state index is 10.3. The molecular weight excluding hydrogens is 456 g/mol. The van der Waals surface area contributed by atoms with Crippen LogP contribution >= 0.6 is 0 Å². The lowest BCUT2D eigenvalue weighted by molar-refractivity contribution is 0.206. The molecule has 1 aliphatic heterocycles. The molecule has 3 heteroatoms. The average molecular weight is 485 g/mol. The van der Waals surface area contributed by atoms with Gasteiger partial charge in [-0.2, -0.15) is 0 Å². The number of aliphatic hydroxyl groups excluding tert-OH is 1. The van der Waals surface area contributed by atoms with Crippen LogP contribution < -0.4 is 4.74 Å². The van der Waals surface area contributed by atoms with Gasteiger partial charge < -0.3 is 14.9 Å². The van der Waals surface area contributed by atoms with Gasteiger partial charge in [0.25, 0.3) is 0 Å². The highest BCUT2D eigenvalue weighted by molar-refractivity contribution is 5.90. The molecule has 3 unspecified atom stereocenters. The Kier molecular flexibility index (Phi) is 4.84. The minimum atomic E-state index is -0.356. The molecule has 1 heterocycles. The molecule has 0 radical (unpaired) electrons. The first-order chi connectivity index (χ1) is 18.0. The van der Waals surface area contributed by atoms with Crippen LogP contribution in [0.1, 0.15) is 42.4 Å². The van der Waals surface area contributed by atoms with Crippen LogP contribution in [0.4, 0.5) is 0 Å². The monoisotopic (exact) mass is 484 g/mol. The second-order valence-corrected chi connectivity index (χ2v) is 10.6. The van der Waals surface area contributed by atoms with Crippen LogP contribution in [0, 0.1) is 11.3 Å².